The lowest BCUT2D eigenvalue weighted by molar-refractivity contribution is -0.137. The van der Waals surface area contributed by atoms with Crippen LogP contribution in [0.4, 0.5) is 13.2 Å². The zero-order valence-electron chi connectivity index (χ0n) is 13.0. The number of rotatable bonds is 3. The summed E-state index contributed by atoms with van der Waals surface area (Å²) in [5, 5.41) is 9.56. The van der Waals surface area contributed by atoms with Crippen molar-refractivity contribution in [3.8, 4) is 11.1 Å². The molecule has 0 aliphatic carbocycles. The predicted octanol–water partition coefficient (Wildman–Crippen LogP) is 3.72. The number of nitrogens with two attached hydrogens (primary N) is 1. The number of hydrogen-bond acceptors (Lipinski definition) is 3. The third-order valence-corrected chi connectivity index (χ3v) is 3.81. The van der Waals surface area contributed by atoms with Gasteiger partial charge in [0.2, 0.25) is 0 Å². The lowest BCUT2D eigenvalue weighted by Gasteiger charge is -2.10. The molecule has 8 heteroatoms. The van der Waals surface area contributed by atoms with Crippen LogP contribution in [0.3, 0.4) is 0 Å². The maximum absolute atomic E-state index is 12.9. The van der Waals surface area contributed by atoms with Crippen LogP contribution in [0.15, 0.2) is 48.5 Å². The van der Waals surface area contributed by atoms with E-state index in [2.05, 4.69) is 4.98 Å². The molecule has 0 fully saturated rings. The van der Waals surface area contributed by atoms with Gasteiger partial charge in [0.15, 0.2) is 0 Å². The molecule has 0 unspecified atom stereocenters. The molecular formula is C18H11F3N2O3. The average molecular weight is 360 g/mol. The van der Waals surface area contributed by atoms with Gasteiger partial charge in [-0.15, -0.1) is 0 Å². The first-order valence-corrected chi connectivity index (χ1v) is 7.32. The molecule has 1 amide bonds. The van der Waals surface area contributed by atoms with Gasteiger partial charge in [-0.2, -0.15) is 13.2 Å². The summed E-state index contributed by atoms with van der Waals surface area (Å²) in [6.07, 6.45) is -4.49. The first-order valence-electron chi connectivity index (χ1n) is 7.32. The molecule has 0 radical (unpaired) electrons. The number of alkyl halides is 3. The molecule has 3 N–H and O–H groups in total. The quantitative estimate of drug-likeness (QED) is 0.744. The molecule has 0 aliphatic heterocycles. The number of carboxylic acids is 1. The van der Waals surface area contributed by atoms with Crippen LogP contribution in [0.25, 0.3) is 22.0 Å². The molecule has 0 bridgehead atoms. The van der Waals surface area contributed by atoms with Crippen LogP contribution in [-0.4, -0.2) is 22.0 Å². The van der Waals surface area contributed by atoms with Crippen molar-refractivity contribution in [2.24, 2.45) is 5.73 Å². The summed E-state index contributed by atoms with van der Waals surface area (Å²) in [4.78, 5) is 26.8. The van der Waals surface area contributed by atoms with Gasteiger partial charge in [-0.1, -0.05) is 18.2 Å². The Morgan fingerprint density at radius 3 is 2.31 bits per heavy atom. The molecule has 3 rings (SSSR count). The van der Waals surface area contributed by atoms with E-state index in [1.54, 1.807) is 0 Å². The average Bonchev–Trinajstić information content (AvgIpc) is 2.59. The van der Waals surface area contributed by atoms with Gasteiger partial charge < -0.3 is 10.8 Å². The number of aromatic carboxylic acids is 1. The smallest absolute Gasteiger partial charge is 0.416 e. The highest BCUT2D eigenvalue weighted by atomic mass is 19.4. The standard InChI is InChI=1S/C18H11F3N2O3/c19-18(20,21)11-3-1-2-9(6-11)10-4-5-14-12(7-10)13(17(25)26)8-15(23-14)16(22)24/h1-8H,(H2,22,24)(H,25,26). The van der Waals surface area contributed by atoms with Gasteiger partial charge in [0.25, 0.3) is 5.91 Å². The van der Waals surface area contributed by atoms with Crippen LogP contribution in [0, 0.1) is 0 Å². The Labute approximate surface area is 144 Å². The van der Waals surface area contributed by atoms with Crippen LogP contribution >= 0.6 is 0 Å². The number of benzene rings is 2. The number of primary amides is 1. The van der Waals surface area contributed by atoms with E-state index in [0.717, 1.165) is 18.2 Å². The molecule has 1 aromatic heterocycles. The van der Waals surface area contributed by atoms with Crippen LogP contribution in [0.5, 0.6) is 0 Å². The summed E-state index contributed by atoms with van der Waals surface area (Å²) in [6.45, 7) is 0. The molecule has 132 valence electrons. The maximum atomic E-state index is 12.9. The fourth-order valence-electron chi connectivity index (χ4n) is 2.58. The van der Waals surface area contributed by atoms with Crippen LogP contribution < -0.4 is 5.73 Å². The predicted molar refractivity (Wildman–Crippen MR) is 87.7 cm³/mol. The number of aromatic nitrogens is 1. The molecule has 0 saturated carbocycles. The van der Waals surface area contributed by atoms with Gasteiger partial charge in [0.05, 0.1) is 16.6 Å². The number of fused-ring (bicyclic) bond motifs is 1. The van der Waals surface area contributed by atoms with Crippen molar-refractivity contribution in [3.05, 3.63) is 65.4 Å². The summed E-state index contributed by atoms with van der Waals surface area (Å²) < 4.78 is 38.7. The molecule has 0 atom stereocenters. The van der Waals surface area contributed by atoms with Gasteiger partial charge in [-0.25, -0.2) is 9.78 Å². The third kappa shape index (κ3) is 3.21. The van der Waals surface area contributed by atoms with Crippen molar-refractivity contribution in [2.75, 3.05) is 0 Å². The molecule has 0 spiro atoms. The van der Waals surface area contributed by atoms with E-state index in [1.165, 1.54) is 30.3 Å². The highest BCUT2D eigenvalue weighted by Gasteiger charge is 2.30. The fourth-order valence-corrected chi connectivity index (χ4v) is 2.58. The Morgan fingerprint density at radius 2 is 1.69 bits per heavy atom. The van der Waals surface area contributed by atoms with Crippen LogP contribution in [-0.2, 0) is 6.18 Å². The van der Waals surface area contributed by atoms with E-state index in [0.29, 0.717) is 5.56 Å². The Hall–Kier alpha value is -3.42. The summed E-state index contributed by atoms with van der Waals surface area (Å²) in [7, 11) is 0. The number of nitrogens with zero attached hydrogens (tertiary/aromatic N) is 1. The van der Waals surface area contributed by atoms with Crippen molar-refractivity contribution in [2.45, 2.75) is 6.18 Å². The Bertz CT molecular complexity index is 1050. The van der Waals surface area contributed by atoms with Gasteiger partial charge in [0.1, 0.15) is 5.69 Å². The third-order valence-electron chi connectivity index (χ3n) is 3.81. The first kappa shape index (κ1) is 17.4. The Kier molecular flexibility index (Phi) is 4.11. The molecule has 0 saturated heterocycles. The monoisotopic (exact) mass is 360 g/mol. The van der Waals surface area contributed by atoms with Gasteiger partial charge in [-0.3, -0.25) is 4.79 Å². The molecule has 0 aliphatic rings. The lowest BCUT2D eigenvalue weighted by atomic mass is 9.98. The van der Waals surface area contributed by atoms with E-state index in [4.69, 9.17) is 5.73 Å². The van der Waals surface area contributed by atoms with E-state index in [-0.39, 0.29) is 27.7 Å². The van der Waals surface area contributed by atoms with Crippen LogP contribution in [0.2, 0.25) is 0 Å². The molecule has 1 heterocycles. The minimum Gasteiger partial charge on any atom is -0.478 e. The number of pyridine rings is 1. The van der Waals surface area contributed by atoms with Crippen LogP contribution in [0.1, 0.15) is 26.4 Å². The second-order valence-electron chi connectivity index (χ2n) is 5.53. The molecular weight excluding hydrogens is 349 g/mol. The second-order valence-corrected chi connectivity index (χ2v) is 5.53. The number of carbonyl (C=O) groups excluding carboxylic acids is 1. The molecule has 3 aromatic rings. The van der Waals surface area contributed by atoms with Gasteiger partial charge in [-0.05, 0) is 41.5 Å². The minimum absolute atomic E-state index is 0.192. The van der Waals surface area contributed by atoms with Crippen molar-refractivity contribution in [3.63, 3.8) is 0 Å². The minimum atomic E-state index is -4.49. The Morgan fingerprint density at radius 1 is 1.00 bits per heavy atom. The largest absolute Gasteiger partial charge is 0.478 e. The summed E-state index contributed by atoms with van der Waals surface area (Å²) in [5.41, 5.74) is 4.79. The summed E-state index contributed by atoms with van der Waals surface area (Å²) >= 11 is 0. The van der Waals surface area contributed by atoms with E-state index in [1.807, 2.05) is 0 Å². The topological polar surface area (TPSA) is 93.3 Å². The van der Waals surface area contributed by atoms with Crippen molar-refractivity contribution in [1.29, 1.82) is 0 Å². The summed E-state index contributed by atoms with van der Waals surface area (Å²) in [6, 6.07) is 10.1. The zero-order chi connectivity index (χ0) is 19.1. The van der Waals surface area contributed by atoms with Crippen molar-refractivity contribution in [1.82, 2.24) is 4.98 Å². The van der Waals surface area contributed by atoms with Gasteiger partial charge >= 0.3 is 12.1 Å². The molecule has 26 heavy (non-hydrogen) atoms. The second kappa shape index (κ2) is 6.14. The van der Waals surface area contributed by atoms with Gasteiger partial charge in [0, 0.05) is 5.39 Å². The summed E-state index contributed by atoms with van der Waals surface area (Å²) in [5.74, 6) is -2.18. The highest BCUT2D eigenvalue weighted by Crippen LogP contribution is 2.33. The first-order chi connectivity index (χ1) is 12.2. The highest BCUT2D eigenvalue weighted by molar-refractivity contribution is 6.06. The number of carbonyl (C=O) groups is 2. The van der Waals surface area contributed by atoms with E-state index < -0.39 is 23.6 Å². The van der Waals surface area contributed by atoms with E-state index in [9.17, 15) is 27.9 Å². The number of hydrogen-bond donors (Lipinski definition) is 2. The number of amides is 1. The molecule has 2 aromatic carbocycles. The number of carboxylic acid groups (broad SMARTS) is 1. The molecule has 5 nitrogen and oxygen atoms in total. The zero-order valence-corrected chi connectivity index (χ0v) is 13.0. The normalized spacial score (nSPS) is 11.5. The van der Waals surface area contributed by atoms with Crippen molar-refractivity contribution < 1.29 is 27.9 Å². The SMILES string of the molecule is NC(=O)c1cc(C(=O)O)c2cc(-c3cccc(C(F)(F)F)c3)ccc2n1. The number of halogens is 3. The van der Waals surface area contributed by atoms with E-state index >= 15 is 0 Å². The lowest BCUT2D eigenvalue weighted by Crippen LogP contribution is -2.14. The maximum Gasteiger partial charge on any atom is 0.416 e. The fraction of sp³-hybridized carbons (Fsp3) is 0.0556. The Balaban J connectivity index is 2.21. The van der Waals surface area contributed by atoms with Crippen molar-refractivity contribution >= 4 is 22.8 Å².